The van der Waals surface area contributed by atoms with Gasteiger partial charge in [0.2, 0.25) is 0 Å². The molecular weight excluding hydrogens is 222 g/mol. The van der Waals surface area contributed by atoms with Crippen molar-refractivity contribution in [3.63, 3.8) is 0 Å². The van der Waals surface area contributed by atoms with Gasteiger partial charge in [0.25, 0.3) is 0 Å². The molecule has 0 aliphatic heterocycles. The quantitative estimate of drug-likeness (QED) is 0.696. The average molecular weight is 232 g/mol. The van der Waals surface area contributed by atoms with Crippen molar-refractivity contribution in [2.24, 2.45) is 5.73 Å². The Morgan fingerprint density at radius 3 is 2.79 bits per heavy atom. The molecule has 3 nitrogen and oxygen atoms in total. The highest BCUT2D eigenvalue weighted by Gasteiger charge is 2.17. The van der Waals surface area contributed by atoms with Gasteiger partial charge in [-0.15, -0.1) is 0 Å². The summed E-state index contributed by atoms with van der Waals surface area (Å²) in [5.74, 6) is -0.995. The number of thiol groups is 1. The van der Waals surface area contributed by atoms with Crippen molar-refractivity contribution in [1.29, 1.82) is 0 Å². The first-order chi connectivity index (χ1) is 6.56. The van der Waals surface area contributed by atoms with Gasteiger partial charge in [-0.2, -0.15) is 12.6 Å². The van der Waals surface area contributed by atoms with Gasteiger partial charge in [-0.05, 0) is 23.3 Å². The molecule has 0 bridgehead atoms. The van der Waals surface area contributed by atoms with Crippen LogP contribution in [0, 0.1) is 0 Å². The van der Waals surface area contributed by atoms with Crippen molar-refractivity contribution in [3.05, 3.63) is 34.3 Å². The molecule has 1 atom stereocenters. The van der Waals surface area contributed by atoms with Crippen LogP contribution in [0.1, 0.15) is 16.4 Å². The van der Waals surface area contributed by atoms with Gasteiger partial charge >= 0.3 is 5.97 Å². The Kier molecular flexibility index (Phi) is 3.80. The molecule has 0 aliphatic rings. The average Bonchev–Trinajstić information content (AvgIpc) is 2.16. The molecule has 0 saturated carbocycles. The largest absolute Gasteiger partial charge is 0.480 e. The zero-order chi connectivity index (χ0) is 10.7. The van der Waals surface area contributed by atoms with Gasteiger partial charge in [0.05, 0.1) is 0 Å². The van der Waals surface area contributed by atoms with Crippen LogP contribution in [0.2, 0.25) is 5.02 Å². The molecule has 0 spiro atoms. The number of hydrogen-bond acceptors (Lipinski definition) is 3. The second-order valence-electron chi connectivity index (χ2n) is 2.79. The minimum atomic E-state index is -0.995. The van der Waals surface area contributed by atoms with E-state index < -0.39 is 11.2 Å². The lowest BCUT2D eigenvalue weighted by Crippen LogP contribution is -2.10. The highest BCUT2D eigenvalue weighted by molar-refractivity contribution is 7.81. The Morgan fingerprint density at radius 1 is 1.64 bits per heavy atom. The molecule has 0 aliphatic carbocycles. The number of halogens is 1. The lowest BCUT2D eigenvalue weighted by Gasteiger charge is -2.11. The number of carboxylic acid groups (broad SMARTS) is 1. The van der Waals surface area contributed by atoms with Crippen molar-refractivity contribution in [2.75, 3.05) is 0 Å². The van der Waals surface area contributed by atoms with Crippen LogP contribution in [0.4, 0.5) is 0 Å². The molecule has 0 saturated heterocycles. The van der Waals surface area contributed by atoms with Gasteiger partial charge in [-0.1, -0.05) is 17.7 Å². The van der Waals surface area contributed by atoms with Gasteiger partial charge in [-0.25, -0.2) is 0 Å². The third-order valence-electron chi connectivity index (χ3n) is 1.85. The molecule has 1 unspecified atom stereocenters. The van der Waals surface area contributed by atoms with Crippen molar-refractivity contribution in [2.45, 2.75) is 11.8 Å². The normalized spacial score (nSPS) is 12.5. The fourth-order valence-electron chi connectivity index (χ4n) is 1.15. The number of aliphatic carboxylic acids is 1. The smallest absolute Gasteiger partial charge is 0.320 e. The van der Waals surface area contributed by atoms with Crippen LogP contribution in [0.15, 0.2) is 18.2 Å². The Labute approximate surface area is 92.3 Å². The summed E-state index contributed by atoms with van der Waals surface area (Å²) in [6.45, 7) is 0.250. The van der Waals surface area contributed by atoms with E-state index in [0.717, 1.165) is 0 Å². The lowest BCUT2D eigenvalue weighted by molar-refractivity contribution is -0.136. The van der Waals surface area contributed by atoms with Crippen LogP contribution >= 0.6 is 24.2 Å². The Bertz CT molecular complexity index is 357. The van der Waals surface area contributed by atoms with E-state index in [2.05, 4.69) is 12.6 Å². The Balaban J connectivity index is 3.13. The number of hydrogen-bond donors (Lipinski definition) is 3. The first kappa shape index (κ1) is 11.4. The number of carbonyl (C=O) groups is 1. The Morgan fingerprint density at radius 2 is 2.29 bits per heavy atom. The summed E-state index contributed by atoms with van der Waals surface area (Å²) in [6.07, 6.45) is 0. The fraction of sp³-hybridized carbons (Fsp3) is 0.222. The van der Waals surface area contributed by atoms with E-state index in [1.165, 1.54) is 0 Å². The molecule has 14 heavy (non-hydrogen) atoms. The number of carboxylic acids is 1. The molecule has 0 fully saturated rings. The second-order valence-corrected chi connectivity index (χ2v) is 3.74. The maximum atomic E-state index is 10.7. The van der Waals surface area contributed by atoms with E-state index in [4.69, 9.17) is 22.4 Å². The zero-order valence-corrected chi connectivity index (χ0v) is 8.92. The molecule has 0 radical (unpaired) electrons. The molecule has 0 heterocycles. The van der Waals surface area contributed by atoms with Crippen LogP contribution in [0.5, 0.6) is 0 Å². The summed E-state index contributed by atoms with van der Waals surface area (Å²) in [7, 11) is 0. The third kappa shape index (κ3) is 2.41. The van der Waals surface area contributed by atoms with E-state index >= 15 is 0 Å². The van der Waals surface area contributed by atoms with Crippen LogP contribution in [0.3, 0.4) is 0 Å². The van der Waals surface area contributed by atoms with Gasteiger partial charge in [0, 0.05) is 11.6 Å². The fourth-order valence-corrected chi connectivity index (χ4v) is 1.60. The maximum absolute atomic E-state index is 10.7. The molecule has 1 aromatic rings. The molecule has 1 aromatic carbocycles. The van der Waals surface area contributed by atoms with Crippen LogP contribution in [0.25, 0.3) is 0 Å². The third-order valence-corrected chi connectivity index (χ3v) is 2.59. The second kappa shape index (κ2) is 4.68. The molecule has 0 aromatic heterocycles. The summed E-state index contributed by atoms with van der Waals surface area (Å²) in [5, 5.41) is 8.46. The van der Waals surface area contributed by atoms with Crippen molar-refractivity contribution < 1.29 is 9.90 Å². The Hall–Kier alpha value is -0.710. The summed E-state index contributed by atoms with van der Waals surface area (Å²) in [6, 6.07) is 4.92. The number of rotatable bonds is 3. The summed E-state index contributed by atoms with van der Waals surface area (Å²) in [4.78, 5) is 10.7. The van der Waals surface area contributed by atoms with Gasteiger partial charge in [-0.3, -0.25) is 4.79 Å². The molecule has 5 heteroatoms. The monoisotopic (exact) mass is 231 g/mol. The first-order valence-corrected chi connectivity index (χ1v) is 4.85. The van der Waals surface area contributed by atoms with Crippen molar-refractivity contribution in [3.8, 4) is 0 Å². The summed E-state index contributed by atoms with van der Waals surface area (Å²) in [5.41, 5.74) is 6.77. The summed E-state index contributed by atoms with van der Waals surface area (Å²) < 4.78 is 0. The lowest BCUT2D eigenvalue weighted by atomic mass is 10.0. The molecular formula is C9H10ClNO2S. The first-order valence-electron chi connectivity index (χ1n) is 3.95. The molecule has 3 N–H and O–H groups in total. The van der Waals surface area contributed by atoms with Gasteiger partial charge < -0.3 is 10.8 Å². The van der Waals surface area contributed by atoms with Crippen molar-refractivity contribution >= 4 is 30.2 Å². The number of nitrogens with two attached hydrogens (primary N) is 1. The zero-order valence-electron chi connectivity index (χ0n) is 7.27. The van der Waals surface area contributed by atoms with Gasteiger partial charge in [0.15, 0.2) is 0 Å². The predicted octanol–water partition coefficient (Wildman–Crippen LogP) is 1.85. The highest BCUT2D eigenvalue weighted by Crippen LogP contribution is 2.26. The minimum absolute atomic E-state index is 0.250. The van der Waals surface area contributed by atoms with Crippen LogP contribution in [-0.2, 0) is 11.3 Å². The SMILES string of the molecule is NCc1cc(Cl)ccc1C(S)C(=O)O. The number of benzene rings is 1. The van der Waals surface area contributed by atoms with E-state index in [9.17, 15) is 4.79 Å². The topological polar surface area (TPSA) is 63.3 Å². The van der Waals surface area contributed by atoms with Gasteiger partial charge in [0.1, 0.15) is 5.25 Å². The minimum Gasteiger partial charge on any atom is -0.480 e. The van der Waals surface area contributed by atoms with Crippen molar-refractivity contribution in [1.82, 2.24) is 0 Å². The summed E-state index contributed by atoms with van der Waals surface area (Å²) >= 11 is 9.73. The van der Waals surface area contributed by atoms with E-state index in [1.54, 1.807) is 18.2 Å². The van der Waals surface area contributed by atoms with E-state index in [-0.39, 0.29) is 6.54 Å². The maximum Gasteiger partial charge on any atom is 0.320 e. The highest BCUT2D eigenvalue weighted by atomic mass is 35.5. The standard InChI is InChI=1S/C9H10ClNO2S/c10-6-1-2-7(5(3-6)4-11)8(14)9(12)13/h1-3,8,14H,4,11H2,(H,12,13). The van der Waals surface area contributed by atoms with Crippen LogP contribution < -0.4 is 5.73 Å². The molecule has 0 amide bonds. The molecule has 1 rings (SSSR count). The van der Waals surface area contributed by atoms with E-state index in [0.29, 0.717) is 16.1 Å². The molecule has 76 valence electrons. The predicted molar refractivity (Wildman–Crippen MR) is 58.7 cm³/mol. The van der Waals surface area contributed by atoms with E-state index in [1.807, 2.05) is 0 Å². The van der Waals surface area contributed by atoms with Crippen LogP contribution in [-0.4, -0.2) is 11.1 Å².